The van der Waals surface area contributed by atoms with E-state index in [1.807, 2.05) is 25.1 Å². The number of nitrogens with zero attached hydrogens (tertiary/aromatic N) is 3. The van der Waals surface area contributed by atoms with Crippen LogP contribution in [0.2, 0.25) is 0 Å². The number of piperidine rings is 1. The number of carbonyl (C=O) groups is 1. The molecule has 1 aromatic heterocycles. The van der Waals surface area contributed by atoms with E-state index in [0.29, 0.717) is 26.1 Å². The van der Waals surface area contributed by atoms with Crippen molar-refractivity contribution in [3.8, 4) is 0 Å². The molecule has 1 aliphatic rings. The number of hydrogen-bond acceptors (Lipinski definition) is 3. The predicted molar refractivity (Wildman–Crippen MR) is 93.9 cm³/mol. The third-order valence-corrected chi connectivity index (χ3v) is 4.88. The number of amides is 2. The molecule has 2 N–H and O–H groups in total. The highest BCUT2D eigenvalue weighted by atomic mass is 16.3. The van der Waals surface area contributed by atoms with Gasteiger partial charge in [-0.1, -0.05) is 19.1 Å². The van der Waals surface area contributed by atoms with Crippen molar-refractivity contribution in [3.63, 3.8) is 0 Å². The van der Waals surface area contributed by atoms with Gasteiger partial charge in [0.1, 0.15) is 5.82 Å². The number of aryl methyl sites for hydroxylation is 1. The van der Waals surface area contributed by atoms with E-state index in [9.17, 15) is 9.90 Å². The third-order valence-electron chi connectivity index (χ3n) is 4.88. The minimum atomic E-state index is -0.422. The van der Waals surface area contributed by atoms with Gasteiger partial charge in [-0.2, -0.15) is 0 Å². The van der Waals surface area contributed by atoms with Crippen LogP contribution in [0.5, 0.6) is 0 Å². The topological polar surface area (TPSA) is 70.4 Å². The zero-order chi connectivity index (χ0) is 17.1. The molecule has 0 bridgehead atoms. The first-order valence-corrected chi connectivity index (χ1v) is 8.75. The van der Waals surface area contributed by atoms with Gasteiger partial charge in [0.15, 0.2) is 0 Å². The lowest BCUT2D eigenvalue weighted by Crippen LogP contribution is -2.50. The molecule has 0 aliphatic carbocycles. The number of aromatic nitrogens is 2. The molecule has 3 rings (SSSR count). The Kier molecular flexibility index (Phi) is 5.04. The van der Waals surface area contributed by atoms with Crippen LogP contribution in [0, 0.1) is 5.92 Å². The van der Waals surface area contributed by atoms with E-state index in [-0.39, 0.29) is 11.9 Å². The monoisotopic (exact) mass is 330 g/mol. The standard InChI is InChI=1S/C18H26N4O2/c1-3-22-15-7-5-4-6-14(15)20-17(22)8-10-19-18(24)21-11-9-13(2)16(23)12-21/h4-7,13,16,23H,3,8-12H2,1-2H3,(H,19,24). The minimum absolute atomic E-state index is 0.0971. The summed E-state index contributed by atoms with van der Waals surface area (Å²) in [6, 6.07) is 8.00. The van der Waals surface area contributed by atoms with E-state index in [1.165, 1.54) is 0 Å². The first-order valence-electron chi connectivity index (χ1n) is 8.75. The Morgan fingerprint density at radius 3 is 2.96 bits per heavy atom. The molecule has 2 unspecified atom stereocenters. The molecule has 1 fully saturated rings. The fourth-order valence-electron chi connectivity index (χ4n) is 3.30. The fraction of sp³-hybridized carbons (Fsp3) is 0.556. The summed E-state index contributed by atoms with van der Waals surface area (Å²) in [6.45, 7) is 6.66. The van der Waals surface area contributed by atoms with Crippen LogP contribution in [0.4, 0.5) is 4.79 Å². The molecule has 130 valence electrons. The summed E-state index contributed by atoms with van der Waals surface area (Å²) in [5, 5.41) is 12.9. The number of aliphatic hydroxyl groups is 1. The van der Waals surface area contributed by atoms with Crippen molar-refractivity contribution in [2.24, 2.45) is 5.92 Å². The maximum Gasteiger partial charge on any atom is 0.317 e. The first kappa shape index (κ1) is 16.8. The van der Waals surface area contributed by atoms with E-state index >= 15 is 0 Å². The number of nitrogens with one attached hydrogen (secondary N) is 1. The summed E-state index contributed by atoms with van der Waals surface area (Å²) in [7, 11) is 0. The summed E-state index contributed by atoms with van der Waals surface area (Å²) < 4.78 is 2.19. The second-order valence-electron chi connectivity index (χ2n) is 6.52. The molecule has 0 spiro atoms. The molecule has 0 radical (unpaired) electrons. The van der Waals surface area contributed by atoms with Crippen LogP contribution in [0.3, 0.4) is 0 Å². The number of benzene rings is 1. The van der Waals surface area contributed by atoms with Gasteiger partial charge in [-0.25, -0.2) is 9.78 Å². The van der Waals surface area contributed by atoms with Gasteiger partial charge in [-0.05, 0) is 31.4 Å². The number of fused-ring (bicyclic) bond motifs is 1. The third kappa shape index (κ3) is 3.38. The number of carbonyl (C=O) groups excluding carboxylic acids is 1. The van der Waals surface area contributed by atoms with Crippen LogP contribution in [-0.4, -0.2) is 51.3 Å². The molecular weight excluding hydrogens is 304 g/mol. The van der Waals surface area contributed by atoms with Crippen molar-refractivity contribution in [2.75, 3.05) is 19.6 Å². The van der Waals surface area contributed by atoms with Gasteiger partial charge in [-0.3, -0.25) is 0 Å². The molecule has 2 heterocycles. The van der Waals surface area contributed by atoms with E-state index in [1.54, 1.807) is 4.90 Å². The molecule has 6 heteroatoms. The number of urea groups is 1. The van der Waals surface area contributed by atoms with Crippen molar-refractivity contribution < 1.29 is 9.90 Å². The number of aliphatic hydroxyl groups excluding tert-OH is 1. The van der Waals surface area contributed by atoms with Crippen molar-refractivity contribution in [1.29, 1.82) is 0 Å². The molecule has 2 amide bonds. The lowest BCUT2D eigenvalue weighted by atomic mass is 9.96. The maximum absolute atomic E-state index is 12.2. The Bertz CT molecular complexity index is 712. The summed E-state index contributed by atoms with van der Waals surface area (Å²) in [5.41, 5.74) is 2.13. The molecule has 1 aliphatic heterocycles. The van der Waals surface area contributed by atoms with E-state index in [4.69, 9.17) is 0 Å². The van der Waals surface area contributed by atoms with Crippen LogP contribution in [0.25, 0.3) is 11.0 Å². The average molecular weight is 330 g/mol. The van der Waals surface area contributed by atoms with Gasteiger partial charge in [0.2, 0.25) is 0 Å². The van der Waals surface area contributed by atoms with Gasteiger partial charge in [0.05, 0.1) is 17.1 Å². The fourth-order valence-corrected chi connectivity index (χ4v) is 3.30. The van der Waals surface area contributed by atoms with Crippen LogP contribution < -0.4 is 5.32 Å². The van der Waals surface area contributed by atoms with Crippen molar-refractivity contribution >= 4 is 17.1 Å². The summed E-state index contributed by atoms with van der Waals surface area (Å²) in [6.07, 6.45) is 1.12. The molecule has 2 aromatic rings. The van der Waals surface area contributed by atoms with Gasteiger partial charge in [0.25, 0.3) is 0 Å². The number of hydrogen-bond donors (Lipinski definition) is 2. The summed E-state index contributed by atoms with van der Waals surface area (Å²) >= 11 is 0. The van der Waals surface area contributed by atoms with Gasteiger partial charge < -0.3 is 19.9 Å². The van der Waals surface area contributed by atoms with Gasteiger partial charge >= 0.3 is 6.03 Å². The molecular formula is C18H26N4O2. The quantitative estimate of drug-likeness (QED) is 0.901. The molecule has 6 nitrogen and oxygen atoms in total. The number of rotatable bonds is 4. The highest BCUT2D eigenvalue weighted by Gasteiger charge is 2.27. The molecule has 1 aromatic carbocycles. The van der Waals surface area contributed by atoms with E-state index < -0.39 is 6.10 Å². The molecule has 24 heavy (non-hydrogen) atoms. The second kappa shape index (κ2) is 7.21. The largest absolute Gasteiger partial charge is 0.391 e. The second-order valence-corrected chi connectivity index (χ2v) is 6.52. The Labute approximate surface area is 142 Å². The number of para-hydroxylation sites is 2. The number of imidazole rings is 1. The highest BCUT2D eigenvalue weighted by Crippen LogP contribution is 2.17. The van der Waals surface area contributed by atoms with E-state index in [0.717, 1.165) is 29.8 Å². The van der Waals surface area contributed by atoms with Crippen LogP contribution in [-0.2, 0) is 13.0 Å². The van der Waals surface area contributed by atoms with Crippen LogP contribution in [0.1, 0.15) is 26.1 Å². The Morgan fingerprint density at radius 1 is 1.42 bits per heavy atom. The summed E-state index contributed by atoms with van der Waals surface area (Å²) in [5.74, 6) is 1.25. The van der Waals surface area contributed by atoms with Crippen molar-refractivity contribution in [1.82, 2.24) is 19.8 Å². The molecule has 2 atom stereocenters. The Balaban J connectivity index is 1.57. The predicted octanol–water partition coefficient (Wildman–Crippen LogP) is 2.01. The highest BCUT2D eigenvalue weighted by molar-refractivity contribution is 5.76. The minimum Gasteiger partial charge on any atom is -0.391 e. The van der Waals surface area contributed by atoms with Gasteiger partial charge in [-0.15, -0.1) is 0 Å². The zero-order valence-corrected chi connectivity index (χ0v) is 14.4. The van der Waals surface area contributed by atoms with Gasteiger partial charge in [0, 0.05) is 32.6 Å². The zero-order valence-electron chi connectivity index (χ0n) is 14.4. The van der Waals surface area contributed by atoms with E-state index in [2.05, 4.69) is 27.9 Å². The van der Waals surface area contributed by atoms with Crippen LogP contribution >= 0.6 is 0 Å². The first-order chi connectivity index (χ1) is 11.6. The Hall–Kier alpha value is -2.08. The van der Waals surface area contributed by atoms with Crippen LogP contribution in [0.15, 0.2) is 24.3 Å². The Morgan fingerprint density at radius 2 is 2.21 bits per heavy atom. The van der Waals surface area contributed by atoms with Crippen molar-refractivity contribution in [2.45, 2.75) is 39.3 Å². The maximum atomic E-state index is 12.2. The summed E-state index contributed by atoms with van der Waals surface area (Å²) in [4.78, 5) is 18.6. The smallest absolute Gasteiger partial charge is 0.317 e. The average Bonchev–Trinajstić information content (AvgIpc) is 2.94. The number of β-amino-alcohol motifs (C(OH)–C–C–N with tert-alkyl or cyclic N) is 1. The van der Waals surface area contributed by atoms with Crippen molar-refractivity contribution in [3.05, 3.63) is 30.1 Å². The lowest BCUT2D eigenvalue weighted by molar-refractivity contribution is 0.0436. The normalized spacial score (nSPS) is 21.2. The molecule has 0 saturated carbocycles. The SMILES string of the molecule is CCn1c(CCNC(=O)N2CCC(C)C(O)C2)nc2ccccc21. The number of likely N-dealkylation sites (tertiary alicyclic amines) is 1. The molecule has 1 saturated heterocycles. The lowest BCUT2D eigenvalue weighted by Gasteiger charge is -2.34.